The van der Waals surface area contributed by atoms with Crippen molar-refractivity contribution < 1.29 is 0 Å². The van der Waals surface area contributed by atoms with Gasteiger partial charge in [-0.25, -0.2) is 0 Å². The Kier molecular flexibility index (Phi) is 3.68. The number of hydrogen-bond donors (Lipinski definition) is 2. The third-order valence-electron chi connectivity index (χ3n) is 2.44. The van der Waals surface area contributed by atoms with Gasteiger partial charge in [0.05, 0.1) is 0 Å². The lowest BCUT2D eigenvalue weighted by atomic mass is 9.76. The average Bonchev–Trinajstić information content (AvgIpc) is 1.86. The van der Waals surface area contributed by atoms with E-state index in [4.69, 9.17) is 11.5 Å². The zero-order valence-electron chi connectivity index (χ0n) is 8.14. The zero-order valence-corrected chi connectivity index (χ0v) is 8.14. The lowest BCUT2D eigenvalue weighted by Crippen LogP contribution is -2.61. The first-order valence-corrected chi connectivity index (χ1v) is 4.17. The van der Waals surface area contributed by atoms with Crippen molar-refractivity contribution in [1.82, 2.24) is 0 Å². The van der Waals surface area contributed by atoms with Crippen LogP contribution in [-0.2, 0) is 0 Å². The Morgan fingerprint density at radius 1 is 1.00 bits per heavy atom. The van der Waals surface area contributed by atoms with Crippen molar-refractivity contribution in [3.63, 3.8) is 0 Å². The quantitative estimate of drug-likeness (QED) is 0.612. The Morgan fingerprint density at radius 2 is 1.25 bits per heavy atom. The molecule has 2 atom stereocenters. The first kappa shape index (κ1) is 11.4. The topological polar surface area (TPSA) is 52.0 Å². The second-order valence-corrected chi connectivity index (χ2v) is 3.82. The van der Waals surface area contributed by atoms with Crippen LogP contribution in [0.4, 0.5) is 0 Å². The molecule has 4 N–H and O–H groups in total. The molecule has 2 heteroatoms. The number of rotatable bonds is 5. The average molecular weight is 168 g/mol. The smallest absolute Gasteiger partial charge is 0.0343 e. The third-order valence-corrected chi connectivity index (χ3v) is 2.44. The maximum atomic E-state index is 6.05. The molecular weight excluding hydrogens is 148 g/mol. The highest BCUT2D eigenvalue weighted by atomic mass is 14.9. The van der Waals surface area contributed by atoms with Crippen LogP contribution in [0.5, 0.6) is 0 Å². The highest BCUT2D eigenvalue weighted by Crippen LogP contribution is 2.24. The summed E-state index contributed by atoms with van der Waals surface area (Å²) in [5.74, 6) is 0. The monoisotopic (exact) mass is 168 g/mol. The molecule has 0 aromatic heterocycles. The SMILES string of the molecule is C=CCC(C)(N)C(C)(N)CC=C. The van der Waals surface area contributed by atoms with E-state index in [1.807, 2.05) is 13.8 Å². The molecule has 0 saturated heterocycles. The third kappa shape index (κ3) is 2.47. The molecule has 0 bridgehead atoms. The molecule has 0 heterocycles. The second-order valence-electron chi connectivity index (χ2n) is 3.82. The van der Waals surface area contributed by atoms with Crippen molar-refractivity contribution in [2.24, 2.45) is 11.5 Å². The molecule has 2 nitrogen and oxygen atoms in total. The molecule has 70 valence electrons. The van der Waals surface area contributed by atoms with Crippen LogP contribution in [0.25, 0.3) is 0 Å². The largest absolute Gasteiger partial charge is 0.324 e. The van der Waals surface area contributed by atoms with Gasteiger partial charge in [0.25, 0.3) is 0 Å². The van der Waals surface area contributed by atoms with Crippen LogP contribution in [0.15, 0.2) is 25.3 Å². The molecule has 0 rings (SSSR count). The van der Waals surface area contributed by atoms with Gasteiger partial charge in [0, 0.05) is 11.1 Å². The minimum atomic E-state index is -0.414. The van der Waals surface area contributed by atoms with Crippen LogP contribution in [0.3, 0.4) is 0 Å². The van der Waals surface area contributed by atoms with Crippen LogP contribution in [-0.4, -0.2) is 11.1 Å². The highest BCUT2D eigenvalue weighted by molar-refractivity contribution is 5.06. The van der Waals surface area contributed by atoms with Gasteiger partial charge in [-0.05, 0) is 26.7 Å². The normalized spacial score (nSPS) is 20.7. The van der Waals surface area contributed by atoms with E-state index < -0.39 is 11.1 Å². The molecule has 0 aromatic carbocycles. The fourth-order valence-corrected chi connectivity index (χ4v) is 1.07. The lowest BCUT2D eigenvalue weighted by molar-refractivity contribution is 0.264. The highest BCUT2D eigenvalue weighted by Gasteiger charge is 2.35. The summed E-state index contributed by atoms with van der Waals surface area (Å²) in [4.78, 5) is 0. The molecule has 0 amide bonds. The molecule has 0 saturated carbocycles. The predicted octanol–water partition coefficient (Wildman–Crippen LogP) is 1.57. The van der Waals surface area contributed by atoms with Crippen LogP contribution in [0.2, 0.25) is 0 Å². The van der Waals surface area contributed by atoms with Crippen molar-refractivity contribution in [1.29, 1.82) is 0 Å². The Labute approximate surface area is 75.3 Å². The molecule has 0 fully saturated rings. The lowest BCUT2D eigenvalue weighted by Gasteiger charge is -2.40. The zero-order chi connectivity index (χ0) is 9.83. The Bertz CT molecular complexity index is 149. The van der Waals surface area contributed by atoms with E-state index in [0.29, 0.717) is 12.8 Å². The number of nitrogens with two attached hydrogens (primary N) is 2. The van der Waals surface area contributed by atoms with E-state index in [2.05, 4.69) is 13.2 Å². The summed E-state index contributed by atoms with van der Waals surface area (Å²) in [6.45, 7) is 11.2. The summed E-state index contributed by atoms with van der Waals surface area (Å²) in [5.41, 5.74) is 11.3. The molecule has 0 aliphatic heterocycles. The molecule has 12 heavy (non-hydrogen) atoms. The van der Waals surface area contributed by atoms with Gasteiger partial charge in [0.1, 0.15) is 0 Å². The fourth-order valence-electron chi connectivity index (χ4n) is 1.07. The predicted molar refractivity (Wildman–Crippen MR) is 54.8 cm³/mol. The Hall–Kier alpha value is -0.600. The minimum absolute atomic E-state index is 0.414. The Morgan fingerprint density at radius 3 is 1.42 bits per heavy atom. The van der Waals surface area contributed by atoms with Crippen molar-refractivity contribution >= 4 is 0 Å². The van der Waals surface area contributed by atoms with E-state index in [-0.39, 0.29) is 0 Å². The number of hydrogen-bond acceptors (Lipinski definition) is 2. The van der Waals surface area contributed by atoms with Crippen LogP contribution < -0.4 is 11.5 Å². The summed E-state index contributed by atoms with van der Waals surface area (Å²) in [6, 6.07) is 0. The first-order chi connectivity index (χ1) is 5.37. The minimum Gasteiger partial charge on any atom is -0.324 e. The van der Waals surface area contributed by atoms with Gasteiger partial charge in [-0.15, -0.1) is 13.2 Å². The van der Waals surface area contributed by atoms with Gasteiger partial charge < -0.3 is 11.5 Å². The fraction of sp³-hybridized carbons (Fsp3) is 0.600. The van der Waals surface area contributed by atoms with E-state index in [1.165, 1.54) is 0 Å². The van der Waals surface area contributed by atoms with Gasteiger partial charge in [-0.3, -0.25) is 0 Å². The molecule has 0 aliphatic carbocycles. The van der Waals surface area contributed by atoms with Crippen LogP contribution >= 0.6 is 0 Å². The van der Waals surface area contributed by atoms with Gasteiger partial charge >= 0.3 is 0 Å². The molecular formula is C10H20N2. The summed E-state index contributed by atoms with van der Waals surface area (Å²) in [5, 5.41) is 0. The van der Waals surface area contributed by atoms with Gasteiger partial charge in [-0.1, -0.05) is 12.2 Å². The summed E-state index contributed by atoms with van der Waals surface area (Å²) in [7, 11) is 0. The molecule has 2 unspecified atom stereocenters. The molecule has 0 aliphatic rings. The molecule has 0 aromatic rings. The van der Waals surface area contributed by atoms with Crippen LogP contribution in [0.1, 0.15) is 26.7 Å². The van der Waals surface area contributed by atoms with Gasteiger partial charge in [0.15, 0.2) is 0 Å². The summed E-state index contributed by atoms with van der Waals surface area (Å²) < 4.78 is 0. The molecule has 0 radical (unpaired) electrons. The summed E-state index contributed by atoms with van der Waals surface area (Å²) in [6.07, 6.45) is 5.03. The van der Waals surface area contributed by atoms with Gasteiger partial charge in [0.2, 0.25) is 0 Å². The maximum Gasteiger partial charge on any atom is 0.0343 e. The Balaban J connectivity index is 4.48. The van der Waals surface area contributed by atoms with E-state index >= 15 is 0 Å². The van der Waals surface area contributed by atoms with Crippen molar-refractivity contribution in [2.45, 2.75) is 37.8 Å². The van der Waals surface area contributed by atoms with E-state index in [1.54, 1.807) is 12.2 Å². The van der Waals surface area contributed by atoms with E-state index in [9.17, 15) is 0 Å². The maximum absolute atomic E-state index is 6.05. The molecule has 0 spiro atoms. The first-order valence-electron chi connectivity index (χ1n) is 4.17. The van der Waals surface area contributed by atoms with Gasteiger partial charge in [-0.2, -0.15) is 0 Å². The second kappa shape index (κ2) is 3.87. The standard InChI is InChI=1S/C10H20N2/c1-5-7-9(3,11)10(4,12)8-6-2/h5-6H,1-2,7-8,11-12H2,3-4H3. The summed E-state index contributed by atoms with van der Waals surface area (Å²) >= 11 is 0. The van der Waals surface area contributed by atoms with Crippen molar-refractivity contribution in [2.75, 3.05) is 0 Å². The van der Waals surface area contributed by atoms with Crippen molar-refractivity contribution in [3.8, 4) is 0 Å². The van der Waals surface area contributed by atoms with E-state index in [0.717, 1.165) is 0 Å². The van der Waals surface area contributed by atoms with Crippen molar-refractivity contribution in [3.05, 3.63) is 25.3 Å². The van der Waals surface area contributed by atoms with Crippen LogP contribution in [0, 0.1) is 0 Å².